The SMILES string of the molecule is C=C.CC1COCOC1. The van der Waals surface area contributed by atoms with Gasteiger partial charge in [-0.05, 0) is 0 Å². The molecular formula is C7H14O2. The molecule has 0 spiro atoms. The molecule has 0 aromatic carbocycles. The Bertz CT molecular complexity index is 57.9. The van der Waals surface area contributed by atoms with E-state index in [-0.39, 0.29) is 0 Å². The lowest BCUT2D eigenvalue weighted by atomic mass is 10.2. The zero-order valence-electron chi connectivity index (χ0n) is 5.93. The number of ether oxygens (including phenoxy) is 2. The lowest BCUT2D eigenvalue weighted by Gasteiger charge is -2.17. The van der Waals surface area contributed by atoms with Crippen LogP contribution in [0.3, 0.4) is 0 Å². The first-order chi connectivity index (χ1) is 4.39. The number of rotatable bonds is 0. The molecule has 0 amide bonds. The van der Waals surface area contributed by atoms with E-state index < -0.39 is 0 Å². The van der Waals surface area contributed by atoms with Crippen LogP contribution in [0.5, 0.6) is 0 Å². The van der Waals surface area contributed by atoms with Crippen LogP contribution < -0.4 is 0 Å². The molecule has 0 bridgehead atoms. The number of hydrogen-bond donors (Lipinski definition) is 0. The van der Waals surface area contributed by atoms with Crippen molar-refractivity contribution in [2.45, 2.75) is 6.92 Å². The van der Waals surface area contributed by atoms with E-state index in [9.17, 15) is 0 Å². The predicted molar refractivity (Wildman–Crippen MR) is 37.2 cm³/mol. The molecule has 0 N–H and O–H groups in total. The van der Waals surface area contributed by atoms with E-state index in [1.54, 1.807) is 0 Å². The Morgan fingerprint density at radius 1 is 1.22 bits per heavy atom. The maximum Gasteiger partial charge on any atom is 0.146 e. The third kappa shape index (κ3) is 4.18. The van der Waals surface area contributed by atoms with Crippen LogP contribution in [0.1, 0.15) is 6.92 Å². The molecule has 1 aliphatic rings. The van der Waals surface area contributed by atoms with Gasteiger partial charge in [-0.25, -0.2) is 0 Å². The van der Waals surface area contributed by atoms with Gasteiger partial charge in [0.05, 0.1) is 13.2 Å². The molecule has 0 saturated carbocycles. The van der Waals surface area contributed by atoms with Gasteiger partial charge in [0.2, 0.25) is 0 Å². The maximum atomic E-state index is 4.96. The summed E-state index contributed by atoms with van der Waals surface area (Å²) in [5.41, 5.74) is 0. The lowest BCUT2D eigenvalue weighted by molar-refractivity contribution is -0.121. The lowest BCUT2D eigenvalue weighted by Crippen LogP contribution is -2.20. The molecule has 0 aromatic heterocycles. The van der Waals surface area contributed by atoms with Crippen LogP contribution in [0.4, 0.5) is 0 Å². The van der Waals surface area contributed by atoms with Gasteiger partial charge in [0.25, 0.3) is 0 Å². The minimum atomic E-state index is 0.490. The first kappa shape index (κ1) is 8.66. The molecule has 1 saturated heterocycles. The first-order valence-corrected chi connectivity index (χ1v) is 3.05. The van der Waals surface area contributed by atoms with Crippen molar-refractivity contribution < 1.29 is 9.47 Å². The summed E-state index contributed by atoms with van der Waals surface area (Å²) in [6.45, 7) is 10.3. The fraction of sp³-hybridized carbons (Fsp3) is 0.714. The first-order valence-electron chi connectivity index (χ1n) is 3.05. The van der Waals surface area contributed by atoms with Crippen LogP contribution in [0.15, 0.2) is 13.2 Å². The van der Waals surface area contributed by atoms with Gasteiger partial charge in [0.15, 0.2) is 0 Å². The van der Waals surface area contributed by atoms with Gasteiger partial charge in [-0.15, -0.1) is 13.2 Å². The second kappa shape index (κ2) is 5.79. The predicted octanol–water partition coefficient (Wildman–Crippen LogP) is 1.43. The van der Waals surface area contributed by atoms with Gasteiger partial charge >= 0.3 is 0 Å². The number of hydrogen-bond acceptors (Lipinski definition) is 2. The van der Waals surface area contributed by atoms with Gasteiger partial charge in [0.1, 0.15) is 6.79 Å². The van der Waals surface area contributed by atoms with Crippen molar-refractivity contribution in [1.82, 2.24) is 0 Å². The summed E-state index contributed by atoms with van der Waals surface area (Å²) in [5, 5.41) is 0. The minimum absolute atomic E-state index is 0.490. The molecule has 0 aromatic rings. The summed E-state index contributed by atoms with van der Waals surface area (Å²) in [7, 11) is 0. The minimum Gasteiger partial charge on any atom is -0.355 e. The van der Waals surface area contributed by atoms with Crippen molar-refractivity contribution in [2.24, 2.45) is 5.92 Å². The Kier molecular flexibility index (Phi) is 5.57. The zero-order valence-corrected chi connectivity index (χ0v) is 5.93. The second-order valence-corrected chi connectivity index (χ2v) is 1.96. The summed E-state index contributed by atoms with van der Waals surface area (Å²) in [5.74, 6) is 0.591. The summed E-state index contributed by atoms with van der Waals surface area (Å²) in [4.78, 5) is 0. The molecule has 2 nitrogen and oxygen atoms in total. The van der Waals surface area contributed by atoms with E-state index >= 15 is 0 Å². The standard InChI is InChI=1S/C5H10O2.C2H4/c1-5-2-6-4-7-3-5;1-2/h5H,2-4H2,1H3;1-2H2. The molecule has 2 heteroatoms. The Hall–Kier alpha value is -0.340. The fourth-order valence-corrected chi connectivity index (χ4v) is 0.606. The van der Waals surface area contributed by atoms with Gasteiger partial charge in [-0.3, -0.25) is 0 Å². The van der Waals surface area contributed by atoms with Gasteiger partial charge in [0, 0.05) is 5.92 Å². The van der Waals surface area contributed by atoms with Crippen LogP contribution in [0.2, 0.25) is 0 Å². The van der Waals surface area contributed by atoms with Crippen molar-refractivity contribution in [3.63, 3.8) is 0 Å². The molecule has 0 radical (unpaired) electrons. The smallest absolute Gasteiger partial charge is 0.146 e. The van der Waals surface area contributed by atoms with E-state index in [1.807, 2.05) is 0 Å². The zero-order chi connectivity index (χ0) is 7.11. The summed E-state index contributed by atoms with van der Waals surface area (Å²) >= 11 is 0. The molecule has 1 fully saturated rings. The van der Waals surface area contributed by atoms with Gasteiger partial charge < -0.3 is 9.47 Å². The average Bonchev–Trinajstić information content (AvgIpc) is 1.94. The van der Waals surface area contributed by atoms with Crippen molar-refractivity contribution in [2.75, 3.05) is 20.0 Å². The largest absolute Gasteiger partial charge is 0.355 e. The topological polar surface area (TPSA) is 18.5 Å². The van der Waals surface area contributed by atoms with Crippen LogP contribution in [-0.2, 0) is 9.47 Å². The summed E-state index contributed by atoms with van der Waals surface area (Å²) in [6.07, 6.45) is 0. The van der Waals surface area contributed by atoms with Crippen LogP contribution >= 0.6 is 0 Å². The molecule has 9 heavy (non-hydrogen) atoms. The van der Waals surface area contributed by atoms with Crippen LogP contribution in [0, 0.1) is 5.92 Å². The summed E-state index contributed by atoms with van der Waals surface area (Å²) in [6, 6.07) is 0. The maximum absolute atomic E-state index is 4.96. The third-order valence-corrected chi connectivity index (χ3v) is 0.971. The molecule has 54 valence electrons. The van der Waals surface area contributed by atoms with E-state index in [1.165, 1.54) is 0 Å². The van der Waals surface area contributed by atoms with E-state index in [0.717, 1.165) is 13.2 Å². The Morgan fingerprint density at radius 3 is 1.89 bits per heavy atom. The highest BCUT2D eigenvalue weighted by Gasteiger charge is 2.06. The van der Waals surface area contributed by atoms with Crippen molar-refractivity contribution in [3.05, 3.63) is 13.2 Å². The van der Waals surface area contributed by atoms with Crippen molar-refractivity contribution >= 4 is 0 Å². The monoisotopic (exact) mass is 130 g/mol. The Labute approximate surface area is 56.5 Å². The highest BCUT2D eigenvalue weighted by molar-refractivity contribution is 4.49. The van der Waals surface area contributed by atoms with Crippen LogP contribution in [-0.4, -0.2) is 20.0 Å². The highest BCUT2D eigenvalue weighted by Crippen LogP contribution is 2.01. The highest BCUT2D eigenvalue weighted by atomic mass is 16.7. The molecule has 1 rings (SSSR count). The van der Waals surface area contributed by atoms with Gasteiger partial charge in [-0.1, -0.05) is 6.92 Å². The van der Waals surface area contributed by atoms with Crippen LogP contribution in [0.25, 0.3) is 0 Å². The summed E-state index contributed by atoms with van der Waals surface area (Å²) < 4.78 is 9.92. The second-order valence-electron chi connectivity index (χ2n) is 1.96. The molecule has 1 heterocycles. The van der Waals surface area contributed by atoms with E-state index in [2.05, 4.69) is 20.1 Å². The molecule has 0 unspecified atom stereocenters. The third-order valence-electron chi connectivity index (χ3n) is 0.971. The molecular weight excluding hydrogens is 116 g/mol. The van der Waals surface area contributed by atoms with Gasteiger partial charge in [-0.2, -0.15) is 0 Å². The molecule has 0 atom stereocenters. The molecule has 1 aliphatic heterocycles. The average molecular weight is 130 g/mol. The normalized spacial score (nSPS) is 20.1. The fourth-order valence-electron chi connectivity index (χ4n) is 0.606. The van der Waals surface area contributed by atoms with E-state index in [4.69, 9.17) is 9.47 Å². The quantitative estimate of drug-likeness (QED) is 0.462. The van der Waals surface area contributed by atoms with E-state index in [0.29, 0.717) is 12.7 Å². The van der Waals surface area contributed by atoms with Crippen molar-refractivity contribution in [3.8, 4) is 0 Å². The Balaban J connectivity index is 0.000000291. The molecule has 0 aliphatic carbocycles. The Morgan fingerprint density at radius 2 is 1.67 bits per heavy atom. The van der Waals surface area contributed by atoms with Crippen molar-refractivity contribution in [1.29, 1.82) is 0 Å².